The second kappa shape index (κ2) is 4.24. The number of rotatable bonds is 2. The summed E-state index contributed by atoms with van der Waals surface area (Å²) in [5.41, 5.74) is 0. The number of hydrogen-bond acceptors (Lipinski definition) is 2. The van der Waals surface area contributed by atoms with Gasteiger partial charge in [0.05, 0.1) is 12.7 Å². The van der Waals surface area contributed by atoms with Crippen molar-refractivity contribution in [1.29, 1.82) is 0 Å². The normalized spacial score (nSPS) is 29.2. The fourth-order valence-corrected chi connectivity index (χ4v) is 1.64. The molecule has 0 aliphatic carbocycles. The van der Waals surface area contributed by atoms with Crippen LogP contribution in [0, 0.1) is 5.92 Å². The number of hydrogen-bond donors (Lipinski definition) is 0. The summed E-state index contributed by atoms with van der Waals surface area (Å²) < 4.78 is 5.50. The zero-order chi connectivity index (χ0) is 9.14. The Hall–Kier alpha value is -0.0800. The monoisotopic (exact) mass is 171 g/mol. The number of morpholine rings is 1. The molecule has 0 aromatic rings. The molecule has 1 saturated heterocycles. The van der Waals surface area contributed by atoms with Crippen LogP contribution in [0.1, 0.15) is 27.7 Å². The average Bonchev–Trinajstić information content (AvgIpc) is 2.03. The minimum Gasteiger partial charge on any atom is -0.376 e. The highest BCUT2D eigenvalue weighted by Crippen LogP contribution is 2.14. The summed E-state index contributed by atoms with van der Waals surface area (Å²) >= 11 is 0. The Balaban J connectivity index is 2.40. The zero-order valence-corrected chi connectivity index (χ0v) is 8.71. The lowest BCUT2D eigenvalue weighted by Crippen LogP contribution is -2.47. The lowest BCUT2D eigenvalue weighted by atomic mass is 10.0. The number of nitrogens with zero attached hydrogens (tertiary/aromatic N) is 1. The smallest absolute Gasteiger partial charge is 0.0674 e. The van der Waals surface area contributed by atoms with E-state index in [1.54, 1.807) is 0 Å². The molecule has 1 aliphatic rings. The molecule has 0 aromatic heterocycles. The van der Waals surface area contributed by atoms with Crippen molar-refractivity contribution < 1.29 is 4.74 Å². The summed E-state index contributed by atoms with van der Waals surface area (Å²) in [6.07, 6.45) is 0.417. The molecule has 0 spiro atoms. The van der Waals surface area contributed by atoms with Crippen molar-refractivity contribution in [2.45, 2.75) is 39.8 Å². The summed E-state index contributed by atoms with van der Waals surface area (Å²) in [6, 6.07) is 0.691. The molecule has 0 aromatic carbocycles. The molecule has 12 heavy (non-hydrogen) atoms. The predicted molar refractivity (Wildman–Crippen MR) is 51.3 cm³/mol. The van der Waals surface area contributed by atoms with E-state index in [0.29, 0.717) is 12.1 Å². The van der Waals surface area contributed by atoms with Gasteiger partial charge in [-0.25, -0.2) is 0 Å². The Kier molecular flexibility index (Phi) is 3.53. The summed E-state index contributed by atoms with van der Waals surface area (Å²) in [4.78, 5) is 2.53. The first-order chi connectivity index (χ1) is 5.61. The van der Waals surface area contributed by atoms with Crippen LogP contribution >= 0.6 is 0 Å². The Morgan fingerprint density at radius 1 is 1.33 bits per heavy atom. The minimum atomic E-state index is 0.417. The first-order valence-corrected chi connectivity index (χ1v) is 4.97. The minimum absolute atomic E-state index is 0.417. The summed E-state index contributed by atoms with van der Waals surface area (Å²) in [5.74, 6) is 0.746. The topological polar surface area (TPSA) is 12.5 Å². The summed E-state index contributed by atoms with van der Waals surface area (Å²) in [6.45, 7) is 12.1. The maximum Gasteiger partial charge on any atom is 0.0674 e. The van der Waals surface area contributed by atoms with Gasteiger partial charge in [-0.05, 0) is 19.8 Å². The molecule has 0 radical (unpaired) electrons. The predicted octanol–water partition coefficient (Wildman–Crippen LogP) is 1.75. The zero-order valence-electron chi connectivity index (χ0n) is 8.71. The van der Waals surface area contributed by atoms with Gasteiger partial charge in [0, 0.05) is 19.1 Å². The number of ether oxygens (including phenoxy) is 1. The quantitative estimate of drug-likeness (QED) is 0.627. The van der Waals surface area contributed by atoms with Crippen molar-refractivity contribution in [3.05, 3.63) is 0 Å². The van der Waals surface area contributed by atoms with Gasteiger partial charge in [-0.15, -0.1) is 0 Å². The third-order valence-electron chi connectivity index (χ3n) is 2.81. The molecule has 72 valence electrons. The van der Waals surface area contributed by atoms with Gasteiger partial charge in [0.2, 0.25) is 0 Å². The fourth-order valence-electron chi connectivity index (χ4n) is 1.64. The lowest BCUT2D eigenvalue weighted by Gasteiger charge is -2.37. The maximum absolute atomic E-state index is 5.50. The molecule has 2 atom stereocenters. The van der Waals surface area contributed by atoms with Crippen molar-refractivity contribution in [1.82, 2.24) is 4.90 Å². The third kappa shape index (κ3) is 2.46. The van der Waals surface area contributed by atoms with Gasteiger partial charge in [-0.3, -0.25) is 4.90 Å². The molecular weight excluding hydrogens is 150 g/mol. The van der Waals surface area contributed by atoms with Gasteiger partial charge < -0.3 is 4.74 Å². The van der Waals surface area contributed by atoms with Crippen LogP contribution in [0.3, 0.4) is 0 Å². The van der Waals surface area contributed by atoms with E-state index in [1.807, 2.05) is 0 Å². The van der Waals surface area contributed by atoms with E-state index in [9.17, 15) is 0 Å². The van der Waals surface area contributed by atoms with Crippen LogP contribution in [0.25, 0.3) is 0 Å². The summed E-state index contributed by atoms with van der Waals surface area (Å²) in [5, 5.41) is 0. The Labute approximate surface area is 75.9 Å². The Morgan fingerprint density at radius 3 is 2.50 bits per heavy atom. The molecule has 1 fully saturated rings. The third-order valence-corrected chi connectivity index (χ3v) is 2.81. The molecule has 1 heterocycles. The van der Waals surface area contributed by atoms with E-state index in [-0.39, 0.29) is 0 Å². The van der Waals surface area contributed by atoms with E-state index in [2.05, 4.69) is 32.6 Å². The molecule has 2 nitrogen and oxygen atoms in total. The van der Waals surface area contributed by atoms with Crippen LogP contribution in [0.2, 0.25) is 0 Å². The van der Waals surface area contributed by atoms with Crippen LogP contribution in [0.4, 0.5) is 0 Å². The van der Waals surface area contributed by atoms with Gasteiger partial charge in [0.25, 0.3) is 0 Å². The van der Waals surface area contributed by atoms with Crippen molar-refractivity contribution in [3.8, 4) is 0 Å². The Bertz CT molecular complexity index is 136. The van der Waals surface area contributed by atoms with Crippen molar-refractivity contribution in [2.24, 2.45) is 5.92 Å². The van der Waals surface area contributed by atoms with E-state index in [4.69, 9.17) is 4.74 Å². The van der Waals surface area contributed by atoms with Gasteiger partial charge in [-0.1, -0.05) is 13.8 Å². The molecular formula is C10H21NO. The molecule has 0 bridgehead atoms. The van der Waals surface area contributed by atoms with Crippen molar-refractivity contribution in [3.63, 3.8) is 0 Å². The molecule has 2 heteroatoms. The SMILES string of the molecule is CC(C)[C@H](C)N1CCO[C@H](C)C1. The lowest BCUT2D eigenvalue weighted by molar-refractivity contribution is -0.0378. The van der Waals surface area contributed by atoms with E-state index >= 15 is 0 Å². The average molecular weight is 171 g/mol. The molecule has 1 rings (SSSR count). The Morgan fingerprint density at radius 2 is 2.00 bits per heavy atom. The van der Waals surface area contributed by atoms with Crippen LogP contribution in [-0.2, 0) is 4.74 Å². The van der Waals surface area contributed by atoms with Gasteiger partial charge in [0.1, 0.15) is 0 Å². The highest BCUT2D eigenvalue weighted by atomic mass is 16.5. The molecule has 0 N–H and O–H groups in total. The van der Waals surface area contributed by atoms with Crippen LogP contribution in [0.5, 0.6) is 0 Å². The molecule has 1 aliphatic heterocycles. The largest absolute Gasteiger partial charge is 0.376 e. The summed E-state index contributed by atoms with van der Waals surface area (Å²) in [7, 11) is 0. The standard InChI is InChI=1S/C10H21NO/c1-8(2)10(4)11-5-6-12-9(3)7-11/h8-10H,5-7H2,1-4H3/t9-,10+/m1/s1. The molecule has 0 amide bonds. The fraction of sp³-hybridized carbons (Fsp3) is 1.00. The van der Waals surface area contributed by atoms with Crippen LogP contribution in [-0.4, -0.2) is 36.7 Å². The van der Waals surface area contributed by atoms with Gasteiger partial charge in [-0.2, -0.15) is 0 Å². The van der Waals surface area contributed by atoms with E-state index in [1.165, 1.54) is 0 Å². The first kappa shape index (κ1) is 10.0. The van der Waals surface area contributed by atoms with Crippen LogP contribution in [0.15, 0.2) is 0 Å². The second-order valence-corrected chi connectivity index (χ2v) is 4.16. The highest BCUT2D eigenvalue weighted by molar-refractivity contribution is 4.75. The maximum atomic E-state index is 5.50. The second-order valence-electron chi connectivity index (χ2n) is 4.16. The van der Waals surface area contributed by atoms with E-state index < -0.39 is 0 Å². The van der Waals surface area contributed by atoms with E-state index in [0.717, 1.165) is 25.6 Å². The van der Waals surface area contributed by atoms with Gasteiger partial charge in [0.15, 0.2) is 0 Å². The van der Waals surface area contributed by atoms with Crippen molar-refractivity contribution in [2.75, 3.05) is 19.7 Å². The van der Waals surface area contributed by atoms with Crippen molar-refractivity contribution >= 4 is 0 Å². The molecule has 0 saturated carbocycles. The highest BCUT2D eigenvalue weighted by Gasteiger charge is 2.22. The molecule has 0 unspecified atom stereocenters. The van der Waals surface area contributed by atoms with Crippen LogP contribution < -0.4 is 0 Å². The first-order valence-electron chi connectivity index (χ1n) is 4.97. The van der Waals surface area contributed by atoms with Gasteiger partial charge >= 0.3 is 0 Å².